The molecule has 0 bridgehead atoms. The van der Waals surface area contributed by atoms with Gasteiger partial charge in [-0.1, -0.05) is 0 Å². The maximum absolute atomic E-state index is 11.9. The molecule has 138 valence electrons. The maximum Gasteiger partial charge on any atom is 0.252 e. The number of anilines is 1. The molecule has 0 atom stereocenters. The minimum absolute atomic E-state index is 0.181. The fourth-order valence-corrected chi connectivity index (χ4v) is 4.69. The molecule has 0 fully saturated rings. The zero-order valence-corrected chi connectivity index (χ0v) is 16.1. The van der Waals surface area contributed by atoms with E-state index in [2.05, 4.69) is 23.7 Å². The predicted molar refractivity (Wildman–Crippen MR) is 108 cm³/mol. The summed E-state index contributed by atoms with van der Waals surface area (Å²) >= 11 is 1.54. The third kappa shape index (κ3) is 3.60. The molecule has 1 aliphatic rings. The molecule has 0 unspecified atom stereocenters. The summed E-state index contributed by atoms with van der Waals surface area (Å²) in [5, 5.41) is 11.0. The Kier molecular flexibility index (Phi) is 5.61. The molecule has 0 aliphatic heterocycles. The Morgan fingerprint density at radius 3 is 2.69 bits per heavy atom. The highest BCUT2D eigenvalue weighted by atomic mass is 32.1. The highest BCUT2D eigenvalue weighted by Gasteiger charge is 2.23. The zero-order chi connectivity index (χ0) is 18.7. The SMILES string of the molecule is CCN(CC)c1ccc(/C=N/c2sc3c(c2C(N)=O)CCCC3)c(O)c1. The number of aryl methyl sites for hydroxylation is 1. The van der Waals surface area contributed by atoms with Crippen LogP contribution in [0, 0.1) is 0 Å². The fraction of sp³-hybridized carbons (Fsp3) is 0.400. The summed E-state index contributed by atoms with van der Waals surface area (Å²) in [4.78, 5) is 19.8. The summed E-state index contributed by atoms with van der Waals surface area (Å²) in [7, 11) is 0. The van der Waals surface area contributed by atoms with Gasteiger partial charge in [-0.2, -0.15) is 0 Å². The zero-order valence-electron chi connectivity index (χ0n) is 15.3. The first-order chi connectivity index (χ1) is 12.5. The molecule has 0 radical (unpaired) electrons. The lowest BCUT2D eigenvalue weighted by Gasteiger charge is -2.21. The number of carbonyl (C=O) groups is 1. The Hall–Kier alpha value is -2.34. The largest absolute Gasteiger partial charge is 0.507 e. The van der Waals surface area contributed by atoms with Gasteiger partial charge < -0.3 is 15.7 Å². The van der Waals surface area contributed by atoms with E-state index in [1.165, 1.54) is 4.88 Å². The Balaban J connectivity index is 1.91. The van der Waals surface area contributed by atoms with E-state index in [-0.39, 0.29) is 5.75 Å². The van der Waals surface area contributed by atoms with Crippen LogP contribution in [0.25, 0.3) is 0 Å². The van der Waals surface area contributed by atoms with Gasteiger partial charge in [-0.25, -0.2) is 4.99 Å². The Labute approximate surface area is 158 Å². The number of primary amides is 1. The highest BCUT2D eigenvalue weighted by molar-refractivity contribution is 7.16. The number of aliphatic imine (C=N–C) groups is 1. The van der Waals surface area contributed by atoms with E-state index in [9.17, 15) is 9.90 Å². The fourth-order valence-electron chi connectivity index (χ4n) is 3.45. The van der Waals surface area contributed by atoms with Crippen molar-refractivity contribution < 1.29 is 9.90 Å². The second-order valence-electron chi connectivity index (χ2n) is 6.43. The molecule has 1 heterocycles. The third-order valence-electron chi connectivity index (χ3n) is 4.86. The first-order valence-corrected chi connectivity index (χ1v) is 9.93. The van der Waals surface area contributed by atoms with E-state index in [0.29, 0.717) is 16.1 Å². The van der Waals surface area contributed by atoms with Gasteiger partial charge in [0.05, 0.1) is 5.56 Å². The average Bonchev–Trinajstić information content (AvgIpc) is 3.00. The monoisotopic (exact) mass is 371 g/mol. The number of phenolic OH excluding ortho intramolecular Hbond substituents is 1. The summed E-state index contributed by atoms with van der Waals surface area (Å²) < 4.78 is 0. The van der Waals surface area contributed by atoms with Crippen LogP contribution >= 0.6 is 11.3 Å². The van der Waals surface area contributed by atoms with Crippen LogP contribution in [0.5, 0.6) is 5.75 Å². The molecule has 1 aliphatic carbocycles. The molecule has 0 spiro atoms. The van der Waals surface area contributed by atoms with Crippen LogP contribution in [0.2, 0.25) is 0 Å². The molecule has 1 aromatic carbocycles. The minimum Gasteiger partial charge on any atom is -0.507 e. The molecule has 1 aromatic heterocycles. The van der Waals surface area contributed by atoms with Crippen LogP contribution < -0.4 is 10.6 Å². The summed E-state index contributed by atoms with van der Waals surface area (Å²) in [5.74, 6) is -0.238. The van der Waals surface area contributed by atoms with Crippen molar-refractivity contribution in [2.45, 2.75) is 39.5 Å². The van der Waals surface area contributed by atoms with Crippen LogP contribution in [-0.2, 0) is 12.8 Å². The lowest BCUT2D eigenvalue weighted by Crippen LogP contribution is -2.21. The molecular weight excluding hydrogens is 346 g/mol. The minimum atomic E-state index is -0.419. The second-order valence-corrected chi connectivity index (χ2v) is 7.51. The van der Waals surface area contributed by atoms with Crippen LogP contribution in [0.4, 0.5) is 10.7 Å². The molecule has 5 nitrogen and oxygen atoms in total. The summed E-state index contributed by atoms with van der Waals surface area (Å²) in [6.07, 6.45) is 5.72. The number of nitrogens with zero attached hydrogens (tertiary/aromatic N) is 2. The van der Waals surface area contributed by atoms with Gasteiger partial charge in [0.2, 0.25) is 0 Å². The lowest BCUT2D eigenvalue weighted by molar-refractivity contribution is 0.100. The van der Waals surface area contributed by atoms with Crippen LogP contribution in [0.15, 0.2) is 23.2 Å². The number of fused-ring (bicyclic) bond motifs is 1. The topological polar surface area (TPSA) is 78.9 Å². The number of thiophene rings is 1. The molecule has 6 heteroatoms. The molecule has 26 heavy (non-hydrogen) atoms. The van der Waals surface area contributed by atoms with Gasteiger partial charge in [0, 0.05) is 41.5 Å². The summed E-state index contributed by atoms with van der Waals surface area (Å²) in [5.41, 5.74) is 8.84. The van der Waals surface area contributed by atoms with E-state index >= 15 is 0 Å². The van der Waals surface area contributed by atoms with Gasteiger partial charge in [-0.15, -0.1) is 11.3 Å². The highest BCUT2D eigenvalue weighted by Crippen LogP contribution is 2.39. The molecule has 0 saturated heterocycles. The Morgan fingerprint density at radius 1 is 1.31 bits per heavy atom. The molecule has 2 aromatic rings. The third-order valence-corrected chi connectivity index (χ3v) is 6.06. The van der Waals surface area contributed by atoms with Gasteiger partial charge >= 0.3 is 0 Å². The molecular formula is C20H25N3O2S. The van der Waals surface area contributed by atoms with E-state index < -0.39 is 5.91 Å². The number of aromatic hydroxyl groups is 1. The number of amides is 1. The van der Waals surface area contributed by atoms with Gasteiger partial charge in [0.15, 0.2) is 0 Å². The van der Waals surface area contributed by atoms with E-state index in [0.717, 1.165) is 50.0 Å². The number of hydrogen-bond acceptors (Lipinski definition) is 5. The Bertz CT molecular complexity index is 838. The van der Waals surface area contributed by atoms with Gasteiger partial charge in [0.1, 0.15) is 10.8 Å². The molecule has 3 rings (SSSR count). The van der Waals surface area contributed by atoms with Crippen LogP contribution in [0.3, 0.4) is 0 Å². The van der Waals surface area contributed by atoms with Crippen molar-refractivity contribution in [3.63, 3.8) is 0 Å². The van der Waals surface area contributed by atoms with E-state index in [4.69, 9.17) is 5.73 Å². The Morgan fingerprint density at radius 2 is 2.04 bits per heavy atom. The number of phenols is 1. The normalized spacial score (nSPS) is 13.8. The van der Waals surface area contributed by atoms with Crippen LogP contribution in [-0.4, -0.2) is 30.3 Å². The van der Waals surface area contributed by atoms with Crippen molar-refractivity contribution in [2.24, 2.45) is 10.7 Å². The van der Waals surface area contributed by atoms with Crippen molar-refractivity contribution in [3.05, 3.63) is 39.8 Å². The second kappa shape index (κ2) is 7.91. The molecule has 0 saturated carbocycles. The van der Waals surface area contributed by atoms with Crippen molar-refractivity contribution in [1.82, 2.24) is 0 Å². The number of carbonyl (C=O) groups excluding carboxylic acids is 1. The maximum atomic E-state index is 11.9. The smallest absolute Gasteiger partial charge is 0.252 e. The van der Waals surface area contributed by atoms with Crippen LogP contribution in [0.1, 0.15) is 53.1 Å². The number of nitrogens with two attached hydrogens (primary N) is 1. The molecule has 3 N–H and O–H groups in total. The van der Waals surface area contributed by atoms with Crippen molar-refractivity contribution in [1.29, 1.82) is 0 Å². The first kappa shape index (κ1) is 18.5. The number of rotatable bonds is 6. The van der Waals surface area contributed by atoms with Crippen molar-refractivity contribution in [3.8, 4) is 5.75 Å². The van der Waals surface area contributed by atoms with Crippen molar-refractivity contribution >= 4 is 34.1 Å². The van der Waals surface area contributed by atoms with E-state index in [1.54, 1.807) is 23.6 Å². The van der Waals surface area contributed by atoms with Crippen molar-refractivity contribution in [2.75, 3.05) is 18.0 Å². The first-order valence-electron chi connectivity index (χ1n) is 9.11. The number of hydrogen-bond donors (Lipinski definition) is 2. The predicted octanol–water partition coefficient (Wildman–Crippen LogP) is 4.03. The van der Waals surface area contributed by atoms with Gasteiger partial charge in [0.25, 0.3) is 5.91 Å². The quantitative estimate of drug-likeness (QED) is 0.753. The lowest BCUT2D eigenvalue weighted by atomic mass is 9.95. The van der Waals surface area contributed by atoms with Gasteiger partial charge in [-0.3, -0.25) is 4.79 Å². The number of benzene rings is 1. The average molecular weight is 372 g/mol. The summed E-state index contributed by atoms with van der Waals surface area (Å²) in [6.45, 7) is 5.93. The van der Waals surface area contributed by atoms with Gasteiger partial charge in [-0.05, 0) is 57.2 Å². The molecule has 1 amide bonds. The summed E-state index contributed by atoms with van der Waals surface area (Å²) in [6, 6.07) is 5.58. The van der Waals surface area contributed by atoms with E-state index in [1.807, 2.05) is 12.1 Å². The standard InChI is InChI=1S/C20H25N3O2S/c1-3-23(4-2)14-10-9-13(16(24)11-14)12-22-20-18(19(21)25)15-7-5-6-8-17(15)26-20/h9-12,24H,3-8H2,1-2H3,(H2,21,25)/b22-12+.